The number of hydrogen-bond acceptors (Lipinski definition) is 8. The van der Waals surface area contributed by atoms with Crippen molar-refractivity contribution >= 4 is 17.5 Å². The van der Waals surface area contributed by atoms with Crippen molar-refractivity contribution in [1.82, 2.24) is 15.2 Å². The minimum atomic E-state index is -0.382. The molecule has 150 valence electrons. The topological polar surface area (TPSA) is 107 Å². The zero-order valence-electron chi connectivity index (χ0n) is 16.3. The lowest BCUT2D eigenvalue weighted by Crippen LogP contribution is -2.14. The molecule has 0 saturated heterocycles. The van der Waals surface area contributed by atoms with E-state index >= 15 is 0 Å². The van der Waals surface area contributed by atoms with E-state index in [1.807, 2.05) is 18.2 Å². The molecule has 0 atom stereocenters. The van der Waals surface area contributed by atoms with Crippen LogP contribution in [0.15, 0.2) is 48.7 Å². The van der Waals surface area contributed by atoms with Gasteiger partial charge in [0.25, 0.3) is 5.91 Å². The molecule has 0 saturated carbocycles. The molecule has 1 amide bonds. The minimum Gasteiger partial charge on any atom is -0.493 e. The third-order valence-electron chi connectivity index (χ3n) is 4.01. The predicted molar refractivity (Wildman–Crippen MR) is 108 cm³/mol. The van der Waals surface area contributed by atoms with Crippen LogP contribution in [0.5, 0.6) is 17.2 Å². The van der Waals surface area contributed by atoms with Gasteiger partial charge in [0.2, 0.25) is 5.75 Å². The summed E-state index contributed by atoms with van der Waals surface area (Å²) in [6.45, 7) is 0.520. The van der Waals surface area contributed by atoms with Crippen LogP contribution in [-0.4, -0.2) is 42.4 Å². The number of anilines is 2. The monoisotopic (exact) mass is 395 g/mol. The highest BCUT2D eigenvalue weighted by Gasteiger charge is 2.17. The van der Waals surface area contributed by atoms with Crippen LogP contribution < -0.4 is 24.8 Å². The lowest BCUT2D eigenvalue weighted by molar-refractivity contribution is 0.102. The molecule has 3 aromatic rings. The number of carbonyl (C=O) groups is 1. The van der Waals surface area contributed by atoms with Gasteiger partial charge >= 0.3 is 0 Å². The van der Waals surface area contributed by atoms with Gasteiger partial charge in [-0.15, -0.1) is 10.2 Å². The molecule has 0 aliphatic carbocycles. The maximum absolute atomic E-state index is 12.6. The van der Waals surface area contributed by atoms with E-state index in [2.05, 4.69) is 25.8 Å². The van der Waals surface area contributed by atoms with Crippen LogP contribution in [0.3, 0.4) is 0 Å². The smallest absolute Gasteiger partial charge is 0.257 e. The van der Waals surface area contributed by atoms with Crippen molar-refractivity contribution in [2.75, 3.05) is 32.0 Å². The number of benzene rings is 1. The predicted octanol–water partition coefficient (Wildman–Crippen LogP) is 2.76. The molecule has 1 aromatic carbocycles. The first-order chi connectivity index (χ1) is 14.1. The summed E-state index contributed by atoms with van der Waals surface area (Å²) in [4.78, 5) is 16.8. The highest BCUT2D eigenvalue weighted by molar-refractivity contribution is 6.04. The minimum absolute atomic E-state index is 0.312. The van der Waals surface area contributed by atoms with Gasteiger partial charge in [-0.3, -0.25) is 9.78 Å². The van der Waals surface area contributed by atoms with E-state index < -0.39 is 0 Å². The number of nitrogens with one attached hydrogen (secondary N) is 2. The van der Waals surface area contributed by atoms with E-state index in [4.69, 9.17) is 14.2 Å². The first kappa shape index (κ1) is 19.9. The lowest BCUT2D eigenvalue weighted by Gasteiger charge is -2.14. The largest absolute Gasteiger partial charge is 0.493 e. The van der Waals surface area contributed by atoms with Crippen LogP contribution in [-0.2, 0) is 6.54 Å². The number of hydrogen-bond donors (Lipinski definition) is 2. The van der Waals surface area contributed by atoms with Gasteiger partial charge in [0.05, 0.1) is 33.6 Å². The van der Waals surface area contributed by atoms with E-state index in [1.165, 1.54) is 21.3 Å². The molecule has 0 aliphatic rings. The maximum Gasteiger partial charge on any atom is 0.257 e. The van der Waals surface area contributed by atoms with E-state index in [9.17, 15) is 4.79 Å². The van der Waals surface area contributed by atoms with Crippen molar-refractivity contribution < 1.29 is 19.0 Å². The van der Waals surface area contributed by atoms with Gasteiger partial charge in [0.1, 0.15) is 5.82 Å². The quantitative estimate of drug-likeness (QED) is 0.600. The van der Waals surface area contributed by atoms with E-state index in [0.717, 1.165) is 5.69 Å². The van der Waals surface area contributed by atoms with Crippen LogP contribution in [0.4, 0.5) is 11.6 Å². The Labute approximate surface area is 168 Å². The molecule has 0 radical (unpaired) electrons. The van der Waals surface area contributed by atoms with E-state index in [-0.39, 0.29) is 5.91 Å². The van der Waals surface area contributed by atoms with Gasteiger partial charge in [-0.1, -0.05) is 6.07 Å². The Morgan fingerprint density at radius 3 is 2.17 bits per heavy atom. The molecule has 0 bridgehead atoms. The normalized spacial score (nSPS) is 10.2. The molecule has 0 fully saturated rings. The Balaban J connectivity index is 1.67. The van der Waals surface area contributed by atoms with Crippen molar-refractivity contribution in [3.8, 4) is 17.2 Å². The average Bonchev–Trinajstić information content (AvgIpc) is 2.78. The Kier molecular flexibility index (Phi) is 6.41. The molecule has 29 heavy (non-hydrogen) atoms. The van der Waals surface area contributed by atoms with E-state index in [0.29, 0.717) is 41.0 Å². The van der Waals surface area contributed by atoms with Gasteiger partial charge in [0, 0.05) is 11.8 Å². The number of aromatic nitrogens is 3. The third kappa shape index (κ3) is 4.89. The zero-order chi connectivity index (χ0) is 20.6. The van der Waals surface area contributed by atoms with Gasteiger partial charge in [-0.2, -0.15) is 0 Å². The lowest BCUT2D eigenvalue weighted by atomic mass is 10.1. The number of ether oxygens (including phenoxy) is 3. The van der Waals surface area contributed by atoms with Crippen molar-refractivity contribution in [3.05, 3.63) is 59.9 Å². The molecule has 0 unspecified atom stereocenters. The number of amides is 1. The first-order valence-corrected chi connectivity index (χ1v) is 8.73. The summed E-state index contributed by atoms with van der Waals surface area (Å²) in [5, 5.41) is 13.9. The number of carbonyl (C=O) groups excluding carboxylic acids is 1. The van der Waals surface area contributed by atoms with Crippen LogP contribution in [0.2, 0.25) is 0 Å². The first-order valence-electron chi connectivity index (χ1n) is 8.73. The second-order valence-electron chi connectivity index (χ2n) is 5.85. The second-order valence-corrected chi connectivity index (χ2v) is 5.85. The van der Waals surface area contributed by atoms with Gasteiger partial charge < -0.3 is 24.8 Å². The van der Waals surface area contributed by atoms with Crippen molar-refractivity contribution in [2.45, 2.75) is 6.54 Å². The van der Waals surface area contributed by atoms with Gasteiger partial charge in [-0.25, -0.2) is 0 Å². The maximum atomic E-state index is 12.6. The number of methoxy groups -OCH3 is 3. The summed E-state index contributed by atoms with van der Waals surface area (Å²) < 4.78 is 15.8. The van der Waals surface area contributed by atoms with Crippen molar-refractivity contribution in [3.63, 3.8) is 0 Å². The molecular formula is C20H21N5O4. The summed E-state index contributed by atoms with van der Waals surface area (Å²) in [7, 11) is 4.47. The SMILES string of the molecule is COc1cc(C(=O)Nc2ccc(NCc3ccccn3)nn2)cc(OC)c1OC. The fraction of sp³-hybridized carbons (Fsp3) is 0.200. The molecule has 0 aliphatic heterocycles. The molecular weight excluding hydrogens is 374 g/mol. The summed E-state index contributed by atoms with van der Waals surface area (Å²) in [6.07, 6.45) is 1.73. The van der Waals surface area contributed by atoms with Crippen LogP contribution in [0.1, 0.15) is 16.1 Å². The fourth-order valence-electron chi connectivity index (χ4n) is 2.58. The van der Waals surface area contributed by atoms with Gasteiger partial charge in [0.15, 0.2) is 17.3 Å². The molecule has 9 heteroatoms. The Hall–Kier alpha value is -3.88. The van der Waals surface area contributed by atoms with Crippen LogP contribution in [0.25, 0.3) is 0 Å². The van der Waals surface area contributed by atoms with Gasteiger partial charge in [-0.05, 0) is 36.4 Å². The average molecular weight is 395 g/mol. The molecule has 0 spiro atoms. The van der Waals surface area contributed by atoms with Crippen molar-refractivity contribution in [1.29, 1.82) is 0 Å². The molecule has 2 N–H and O–H groups in total. The number of nitrogens with zero attached hydrogens (tertiary/aromatic N) is 3. The summed E-state index contributed by atoms with van der Waals surface area (Å²) in [5.41, 5.74) is 1.22. The van der Waals surface area contributed by atoms with Crippen LogP contribution >= 0.6 is 0 Å². The fourth-order valence-corrected chi connectivity index (χ4v) is 2.58. The summed E-state index contributed by atoms with van der Waals surface area (Å²) in [5.74, 6) is 1.69. The number of pyridine rings is 1. The summed E-state index contributed by atoms with van der Waals surface area (Å²) >= 11 is 0. The standard InChI is InChI=1S/C20H21N5O4/c1-27-15-10-13(11-16(28-2)19(15)29-3)20(26)23-18-8-7-17(24-25-18)22-12-14-6-4-5-9-21-14/h4-11H,12H2,1-3H3,(H,22,24)(H,23,25,26). The molecule has 9 nitrogen and oxygen atoms in total. The van der Waals surface area contributed by atoms with Crippen LogP contribution in [0, 0.1) is 0 Å². The zero-order valence-corrected chi connectivity index (χ0v) is 16.3. The van der Waals surface area contributed by atoms with E-state index in [1.54, 1.807) is 30.5 Å². The van der Waals surface area contributed by atoms with Crippen molar-refractivity contribution in [2.24, 2.45) is 0 Å². The molecule has 2 heterocycles. The number of rotatable bonds is 8. The highest BCUT2D eigenvalue weighted by atomic mass is 16.5. The second kappa shape index (κ2) is 9.36. The third-order valence-corrected chi connectivity index (χ3v) is 4.01. The molecule has 3 rings (SSSR count). The Morgan fingerprint density at radius 1 is 0.931 bits per heavy atom. The highest BCUT2D eigenvalue weighted by Crippen LogP contribution is 2.38. The summed E-state index contributed by atoms with van der Waals surface area (Å²) in [6, 6.07) is 12.2. The Bertz CT molecular complexity index is 939. The Morgan fingerprint density at radius 2 is 1.62 bits per heavy atom. The molecule has 2 aromatic heterocycles.